The molecule has 0 atom stereocenters. The highest BCUT2D eigenvalue weighted by Gasteiger charge is 1.78. The van der Waals surface area contributed by atoms with E-state index in [2.05, 4.69) is 18.2 Å². The molecule has 1 heteroatoms. The van der Waals surface area contributed by atoms with Gasteiger partial charge < -0.3 is 0 Å². The molecule has 0 N–H and O–H groups in total. The van der Waals surface area contributed by atoms with E-state index in [9.17, 15) is 0 Å². The van der Waals surface area contributed by atoms with Crippen LogP contribution in [0.15, 0.2) is 30.3 Å². The van der Waals surface area contributed by atoms with E-state index in [0.29, 0.717) is 0 Å². The van der Waals surface area contributed by atoms with Crippen molar-refractivity contribution < 1.29 is 0 Å². The second kappa shape index (κ2) is 11.9. The average Bonchev–Trinajstić information content (AvgIpc) is 2.08. The summed E-state index contributed by atoms with van der Waals surface area (Å²) in [6.45, 7) is 13.9. The van der Waals surface area contributed by atoms with Crippen molar-refractivity contribution in [2.24, 2.45) is 4.99 Å². The molecule has 0 saturated carbocycles. The quantitative estimate of drug-likeness (QED) is 0.334. The smallest absolute Gasteiger partial charge is 0.0426 e. The molecule has 0 aromatic rings. The molecular formula is C10H19N. The lowest BCUT2D eigenvalue weighted by molar-refractivity contribution is 1.01. The number of hydrogen-bond acceptors (Lipinski definition) is 1. The normalized spacial score (nSPS) is 9.55. The Morgan fingerprint density at radius 3 is 2.27 bits per heavy atom. The minimum atomic E-state index is 0.835. The first kappa shape index (κ1) is 12.8. The minimum Gasteiger partial charge on any atom is -0.290 e. The van der Waals surface area contributed by atoms with Crippen molar-refractivity contribution >= 4 is 5.71 Å². The molecule has 0 aromatic carbocycles. The molecule has 0 aromatic heterocycles. The van der Waals surface area contributed by atoms with E-state index < -0.39 is 0 Å². The van der Waals surface area contributed by atoms with E-state index >= 15 is 0 Å². The van der Waals surface area contributed by atoms with Gasteiger partial charge in [0.1, 0.15) is 0 Å². The third-order valence-corrected chi connectivity index (χ3v) is 0.990. The van der Waals surface area contributed by atoms with Crippen molar-refractivity contribution in [2.75, 3.05) is 6.54 Å². The predicted molar refractivity (Wildman–Crippen MR) is 54.3 cm³/mol. The third-order valence-electron chi connectivity index (χ3n) is 0.990. The Kier molecular flexibility index (Phi) is 13.8. The summed E-state index contributed by atoms with van der Waals surface area (Å²) >= 11 is 0. The highest BCUT2D eigenvalue weighted by atomic mass is 14.7. The van der Waals surface area contributed by atoms with E-state index in [4.69, 9.17) is 0 Å². The molecule has 0 spiro atoms. The highest BCUT2D eigenvalue weighted by molar-refractivity contribution is 5.92. The Morgan fingerprint density at radius 2 is 1.91 bits per heavy atom. The van der Waals surface area contributed by atoms with Crippen molar-refractivity contribution in [2.45, 2.75) is 27.2 Å². The van der Waals surface area contributed by atoms with Gasteiger partial charge in [-0.05, 0) is 19.4 Å². The first-order valence-corrected chi connectivity index (χ1v) is 4.05. The Balaban J connectivity index is 0. The summed E-state index contributed by atoms with van der Waals surface area (Å²) in [4.78, 5) is 4.16. The van der Waals surface area contributed by atoms with Crippen molar-refractivity contribution in [3.8, 4) is 0 Å². The lowest BCUT2D eigenvalue weighted by Crippen LogP contribution is -1.85. The molecule has 0 aliphatic rings. The molecule has 11 heavy (non-hydrogen) atoms. The third kappa shape index (κ3) is 12.4. The SMILES string of the molecule is C=CCCN=C(C)C=C.CC. The molecule has 0 radical (unpaired) electrons. The van der Waals surface area contributed by atoms with Gasteiger partial charge in [-0.3, -0.25) is 4.99 Å². The Bertz CT molecular complexity index is 123. The van der Waals surface area contributed by atoms with Gasteiger partial charge >= 0.3 is 0 Å². The molecule has 0 aliphatic carbocycles. The monoisotopic (exact) mass is 153 g/mol. The standard InChI is InChI=1S/C8H13N.C2H6/c1-4-6-7-9-8(3)5-2;1-2/h4-5H,1-2,6-7H2,3H3;1-2H3. The van der Waals surface area contributed by atoms with E-state index in [0.717, 1.165) is 18.7 Å². The van der Waals surface area contributed by atoms with E-state index in [1.807, 2.05) is 26.8 Å². The van der Waals surface area contributed by atoms with Crippen LogP contribution in [0.25, 0.3) is 0 Å². The average molecular weight is 153 g/mol. The van der Waals surface area contributed by atoms with Gasteiger partial charge in [-0.15, -0.1) is 6.58 Å². The number of hydrogen-bond donors (Lipinski definition) is 0. The first-order valence-electron chi connectivity index (χ1n) is 4.05. The summed E-state index contributed by atoms with van der Waals surface area (Å²) in [5.41, 5.74) is 0.997. The zero-order chi connectivity index (χ0) is 9.11. The van der Waals surface area contributed by atoms with Gasteiger partial charge in [-0.2, -0.15) is 0 Å². The molecule has 0 unspecified atom stereocenters. The molecule has 0 heterocycles. The van der Waals surface area contributed by atoms with Crippen LogP contribution in [0.2, 0.25) is 0 Å². The van der Waals surface area contributed by atoms with Crippen LogP contribution >= 0.6 is 0 Å². The lowest BCUT2D eigenvalue weighted by atomic mass is 10.4. The maximum atomic E-state index is 4.16. The summed E-state index contributed by atoms with van der Waals surface area (Å²) in [5.74, 6) is 0. The van der Waals surface area contributed by atoms with Crippen LogP contribution in [0.3, 0.4) is 0 Å². The summed E-state index contributed by atoms with van der Waals surface area (Å²) in [6.07, 6.45) is 4.56. The van der Waals surface area contributed by atoms with Crippen molar-refractivity contribution in [1.82, 2.24) is 0 Å². The van der Waals surface area contributed by atoms with Crippen molar-refractivity contribution in [1.29, 1.82) is 0 Å². The number of aliphatic imine (C=N–C) groups is 1. The molecule has 0 fully saturated rings. The fourth-order valence-electron chi connectivity index (χ4n) is 0.397. The Morgan fingerprint density at radius 1 is 1.36 bits per heavy atom. The summed E-state index contributed by atoms with van der Waals surface area (Å²) in [7, 11) is 0. The second-order valence-electron chi connectivity index (χ2n) is 1.80. The number of allylic oxidation sites excluding steroid dienone is 1. The van der Waals surface area contributed by atoms with E-state index in [-0.39, 0.29) is 0 Å². The summed E-state index contributed by atoms with van der Waals surface area (Å²) < 4.78 is 0. The van der Waals surface area contributed by atoms with Crippen LogP contribution in [-0.2, 0) is 0 Å². The maximum Gasteiger partial charge on any atom is 0.0426 e. The van der Waals surface area contributed by atoms with E-state index in [1.54, 1.807) is 6.08 Å². The van der Waals surface area contributed by atoms with Gasteiger partial charge in [-0.25, -0.2) is 0 Å². The zero-order valence-electron chi connectivity index (χ0n) is 7.93. The van der Waals surface area contributed by atoms with Gasteiger partial charge in [-0.1, -0.05) is 26.5 Å². The van der Waals surface area contributed by atoms with Crippen molar-refractivity contribution in [3.63, 3.8) is 0 Å². The summed E-state index contributed by atoms with van der Waals surface area (Å²) in [6, 6.07) is 0. The van der Waals surface area contributed by atoms with Crippen LogP contribution in [-0.4, -0.2) is 12.3 Å². The molecule has 0 rings (SSSR count). The van der Waals surface area contributed by atoms with Crippen LogP contribution in [0.5, 0.6) is 0 Å². The predicted octanol–water partition coefficient (Wildman–Crippen LogP) is 3.24. The number of nitrogens with zero attached hydrogens (tertiary/aromatic N) is 1. The Hall–Kier alpha value is -0.850. The molecule has 64 valence electrons. The largest absolute Gasteiger partial charge is 0.290 e. The minimum absolute atomic E-state index is 0.835. The molecule has 0 aliphatic heterocycles. The van der Waals surface area contributed by atoms with Gasteiger partial charge in [0.2, 0.25) is 0 Å². The molecule has 0 amide bonds. The lowest BCUT2D eigenvalue weighted by Gasteiger charge is -1.88. The van der Waals surface area contributed by atoms with Gasteiger partial charge in [0.05, 0.1) is 0 Å². The molecular weight excluding hydrogens is 134 g/mol. The fraction of sp³-hybridized carbons (Fsp3) is 0.500. The Labute approximate surface area is 70.5 Å². The molecule has 1 nitrogen and oxygen atoms in total. The maximum absolute atomic E-state index is 4.16. The second-order valence-corrected chi connectivity index (χ2v) is 1.80. The molecule has 0 saturated heterocycles. The highest BCUT2D eigenvalue weighted by Crippen LogP contribution is 1.83. The fourth-order valence-corrected chi connectivity index (χ4v) is 0.397. The van der Waals surface area contributed by atoms with E-state index in [1.165, 1.54) is 0 Å². The van der Waals surface area contributed by atoms with Gasteiger partial charge in [0, 0.05) is 12.3 Å². The van der Waals surface area contributed by atoms with Gasteiger partial charge in [0.25, 0.3) is 0 Å². The summed E-state index contributed by atoms with van der Waals surface area (Å²) in [5, 5.41) is 0. The zero-order valence-corrected chi connectivity index (χ0v) is 7.93. The van der Waals surface area contributed by atoms with Crippen molar-refractivity contribution in [3.05, 3.63) is 25.3 Å². The van der Waals surface area contributed by atoms with Crippen LogP contribution in [0, 0.1) is 0 Å². The van der Waals surface area contributed by atoms with Crippen LogP contribution in [0.1, 0.15) is 27.2 Å². The van der Waals surface area contributed by atoms with Crippen LogP contribution in [0.4, 0.5) is 0 Å². The van der Waals surface area contributed by atoms with Crippen LogP contribution < -0.4 is 0 Å². The number of rotatable bonds is 4. The van der Waals surface area contributed by atoms with Gasteiger partial charge in [0.15, 0.2) is 0 Å². The first-order chi connectivity index (χ1) is 5.31. The topological polar surface area (TPSA) is 12.4 Å². The molecule has 0 bridgehead atoms.